The van der Waals surface area contributed by atoms with Crippen molar-refractivity contribution in [3.63, 3.8) is 0 Å². The van der Waals surface area contributed by atoms with Crippen molar-refractivity contribution >= 4 is 17.3 Å². The minimum atomic E-state index is -0.272. The molecule has 3 heterocycles. The van der Waals surface area contributed by atoms with E-state index in [1.54, 1.807) is 41.2 Å². The number of benzene rings is 1. The van der Waals surface area contributed by atoms with Crippen molar-refractivity contribution in [3.8, 4) is 17.3 Å². The summed E-state index contributed by atoms with van der Waals surface area (Å²) in [4.78, 5) is 13.6. The molecule has 4 aromatic rings. The first-order chi connectivity index (χ1) is 15.5. The minimum Gasteiger partial charge on any atom is -0.463 e. The lowest BCUT2D eigenvalue weighted by atomic mass is 10.1. The maximum atomic E-state index is 13.3. The van der Waals surface area contributed by atoms with E-state index >= 15 is 0 Å². The molecule has 0 saturated heterocycles. The molecule has 1 aliphatic rings. The van der Waals surface area contributed by atoms with Crippen LogP contribution in [0.15, 0.2) is 48.8 Å². The van der Waals surface area contributed by atoms with Crippen molar-refractivity contribution in [2.45, 2.75) is 26.3 Å². The fraction of sp³-hybridized carbons (Fsp3) is 0.304. The average Bonchev–Trinajstić information content (AvgIpc) is 3.38. The van der Waals surface area contributed by atoms with Crippen LogP contribution in [0.3, 0.4) is 0 Å². The molecule has 5 rings (SSSR count). The van der Waals surface area contributed by atoms with Crippen molar-refractivity contribution in [2.75, 3.05) is 17.7 Å². The Morgan fingerprint density at radius 2 is 2.09 bits per heavy atom. The first-order valence-corrected chi connectivity index (χ1v) is 10.6. The Labute approximate surface area is 189 Å². The molecule has 3 aromatic heterocycles. The van der Waals surface area contributed by atoms with E-state index in [0.717, 1.165) is 12.0 Å². The minimum absolute atomic E-state index is 0. The molecule has 2 unspecified atom stereocenters. The highest BCUT2D eigenvalue weighted by atomic mass is 19.1. The number of ether oxygens (including phenoxy) is 1. The van der Waals surface area contributed by atoms with Crippen LogP contribution in [0.2, 0.25) is 0 Å². The molecule has 0 bridgehead atoms. The topological polar surface area (TPSA) is 103 Å². The van der Waals surface area contributed by atoms with Gasteiger partial charge in [0, 0.05) is 28.8 Å². The number of aromatic nitrogens is 5. The lowest BCUT2D eigenvalue weighted by Crippen LogP contribution is -2.11. The standard InChI is InChI=1S/C23H24FN7O.3H2/c1-13-10-16(13)12-32-23-28-18(20-21(25)30-31-9-3-8-26-22(20)31)11-19(29-23)27-14(2)15-4-6-17(24)7-5-15;;;/h3-9,11,13-14,16H,10,12H2,1-2H3,(H2,25,30)(H,27,28,29);3*1H/t13?,14-,16?;;;/m0.../s1. The normalized spacial score (nSPS) is 18.5. The molecule has 1 aliphatic carbocycles. The number of anilines is 2. The van der Waals surface area contributed by atoms with Crippen LogP contribution < -0.4 is 15.8 Å². The number of rotatable bonds is 7. The molecular weight excluding hydrogens is 409 g/mol. The summed E-state index contributed by atoms with van der Waals surface area (Å²) in [6.45, 7) is 4.75. The van der Waals surface area contributed by atoms with Gasteiger partial charge in [-0.25, -0.2) is 13.9 Å². The molecule has 9 heteroatoms. The van der Waals surface area contributed by atoms with Gasteiger partial charge in [-0.1, -0.05) is 19.1 Å². The van der Waals surface area contributed by atoms with Crippen LogP contribution in [0.25, 0.3) is 16.9 Å². The highest BCUT2D eigenvalue weighted by Gasteiger charge is 2.33. The quantitative estimate of drug-likeness (QED) is 0.424. The molecule has 1 fully saturated rings. The number of nitrogens with zero attached hydrogens (tertiary/aromatic N) is 5. The number of halogens is 1. The molecule has 3 atom stereocenters. The van der Waals surface area contributed by atoms with E-state index in [-0.39, 0.29) is 22.1 Å². The molecule has 1 aromatic carbocycles. The van der Waals surface area contributed by atoms with E-state index < -0.39 is 0 Å². The van der Waals surface area contributed by atoms with Crippen LogP contribution in [0.4, 0.5) is 16.0 Å². The van der Waals surface area contributed by atoms with Gasteiger partial charge in [0.05, 0.1) is 17.9 Å². The number of hydrogen-bond donors (Lipinski definition) is 2. The summed E-state index contributed by atoms with van der Waals surface area (Å²) >= 11 is 0. The summed E-state index contributed by atoms with van der Waals surface area (Å²) < 4.78 is 20.9. The Morgan fingerprint density at radius 1 is 1.31 bits per heavy atom. The number of nitrogens with one attached hydrogen (secondary N) is 1. The Morgan fingerprint density at radius 3 is 2.84 bits per heavy atom. The van der Waals surface area contributed by atoms with Crippen LogP contribution in [-0.2, 0) is 0 Å². The monoisotopic (exact) mass is 439 g/mol. The Balaban J connectivity index is 0.00000144. The van der Waals surface area contributed by atoms with E-state index in [1.807, 2.05) is 6.92 Å². The molecule has 0 aliphatic heterocycles. The second-order valence-corrected chi connectivity index (χ2v) is 8.27. The van der Waals surface area contributed by atoms with Gasteiger partial charge in [-0.15, -0.1) is 5.10 Å². The SMILES string of the molecule is CC1CC1COc1nc(N[C@@H](C)c2ccc(F)cc2)cc(-c2c(N)nn3cccnc23)n1.[HH].[HH].[HH]. The largest absolute Gasteiger partial charge is 0.463 e. The zero-order valence-corrected chi connectivity index (χ0v) is 17.9. The van der Waals surface area contributed by atoms with Crippen molar-refractivity contribution in [2.24, 2.45) is 11.8 Å². The van der Waals surface area contributed by atoms with Crippen LogP contribution in [0.1, 0.15) is 36.2 Å². The Kier molecular flexibility index (Phi) is 5.08. The molecule has 170 valence electrons. The van der Waals surface area contributed by atoms with E-state index in [0.29, 0.717) is 47.0 Å². The smallest absolute Gasteiger partial charge is 0.318 e. The van der Waals surface area contributed by atoms with Crippen molar-refractivity contribution < 1.29 is 13.4 Å². The highest BCUT2D eigenvalue weighted by molar-refractivity contribution is 5.85. The Bertz CT molecular complexity index is 1270. The fourth-order valence-electron chi connectivity index (χ4n) is 3.71. The number of hydrogen-bond acceptors (Lipinski definition) is 7. The third kappa shape index (κ3) is 4.05. The zero-order chi connectivity index (χ0) is 22.2. The summed E-state index contributed by atoms with van der Waals surface area (Å²) in [7, 11) is 0. The summed E-state index contributed by atoms with van der Waals surface area (Å²) in [5.41, 5.74) is 8.93. The van der Waals surface area contributed by atoms with Crippen molar-refractivity contribution in [3.05, 3.63) is 60.2 Å². The number of nitrogen functional groups attached to an aromatic ring is 1. The second-order valence-electron chi connectivity index (χ2n) is 8.27. The van der Waals surface area contributed by atoms with Crippen LogP contribution in [0, 0.1) is 17.7 Å². The Hall–Kier alpha value is -3.75. The summed E-state index contributed by atoms with van der Waals surface area (Å²) in [5.74, 6) is 1.81. The second kappa shape index (κ2) is 8.07. The molecule has 8 nitrogen and oxygen atoms in total. The van der Waals surface area contributed by atoms with Crippen LogP contribution >= 0.6 is 0 Å². The fourth-order valence-corrected chi connectivity index (χ4v) is 3.71. The van der Waals surface area contributed by atoms with E-state index in [9.17, 15) is 4.39 Å². The summed E-state index contributed by atoms with van der Waals surface area (Å²) in [6, 6.07) is 10.1. The van der Waals surface area contributed by atoms with Gasteiger partial charge in [-0.2, -0.15) is 9.97 Å². The predicted octanol–water partition coefficient (Wildman–Crippen LogP) is 4.85. The van der Waals surface area contributed by atoms with Crippen molar-refractivity contribution in [1.82, 2.24) is 24.6 Å². The van der Waals surface area contributed by atoms with Gasteiger partial charge in [-0.05, 0) is 48.9 Å². The van der Waals surface area contributed by atoms with Gasteiger partial charge in [0.1, 0.15) is 11.6 Å². The highest BCUT2D eigenvalue weighted by Crippen LogP contribution is 2.38. The van der Waals surface area contributed by atoms with Gasteiger partial charge < -0.3 is 15.8 Å². The first-order valence-electron chi connectivity index (χ1n) is 10.6. The molecule has 0 radical (unpaired) electrons. The molecule has 0 spiro atoms. The third-order valence-corrected chi connectivity index (χ3v) is 5.82. The molecule has 0 amide bonds. The molecule has 3 N–H and O–H groups in total. The molecule has 1 saturated carbocycles. The van der Waals surface area contributed by atoms with Gasteiger partial charge >= 0.3 is 6.01 Å². The van der Waals surface area contributed by atoms with Crippen LogP contribution in [-0.4, -0.2) is 31.2 Å². The van der Waals surface area contributed by atoms with Gasteiger partial charge in [0.2, 0.25) is 0 Å². The van der Waals surface area contributed by atoms with Crippen molar-refractivity contribution in [1.29, 1.82) is 0 Å². The van der Waals surface area contributed by atoms with Gasteiger partial charge in [-0.3, -0.25) is 0 Å². The lowest BCUT2D eigenvalue weighted by Gasteiger charge is -2.16. The third-order valence-electron chi connectivity index (χ3n) is 5.82. The maximum Gasteiger partial charge on any atom is 0.318 e. The average molecular weight is 440 g/mol. The lowest BCUT2D eigenvalue weighted by molar-refractivity contribution is 0.271. The van der Waals surface area contributed by atoms with E-state index in [2.05, 4.69) is 32.3 Å². The first kappa shape index (κ1) is 20.2. The number of nitrogens with two attached hydrogens (primary N) is 1. The van der Waals surface area contributed by atoms with Gasteiger partial charge in [0.25, 0.3) is 0 Å². The summed E-state index contributed by atoms with van der Waals surface area (Å²) in [6.07, 6.45) is 4.62. The molecule has 32 heavy (non-hydrogen) atoms. The van der Waals surface area contributed by atoms with E-state index in [1.165, 1.54) is 12.1 Å². The summed E-state index contributed by atoms with van der Waals surface area (Å²) in [5, 5.41) is 7.69. The number of fused-ring (bicyclic) bond motifs is 1. The predicted molar refractivity (Wildman–Crippen MR) is 126 cm³/mol. The molecular formula is C23H30FN7O. The zero-order valence-electron chi connectivity index (χ0n) is 17.9. The van der Waals surface area contributed by atoms with E-state index in [4.69, 9.17) is 10.5 Å². The van der Waals surface area contributed by atoms with Crippen LogP contribution in [0.5, 0.6) is 6.01 Å². The maximum absolute atomic E-state index is 13.3. The van der Waals surface area contributed by atoms with Gasteiger partial charge in [0.15, 0.2) is 11.5 Å².